The maximum absolute atomic E-state index is 12.5. The number of carbonyl (C=O) groups is 1. The van der Waals surface area contributed by atoms with Crippen LogP contribution in [0.3, 0.4) is 0 Å². The molecule has 1 atom stereocenters. The van der Waals surface area contributed by atoms with Crippen molar-refractivity contribution in [3.05, 3.63) is 65.7 Å². The second-order valence-electron chi connectivity index (χ2n) is 5.08. The molecule has 26 heavy (non-hydrogen) atoms. The average molecular weight is 390 g/mol. The molecule has 0 heterocycles. The standard InChI is InChI=1S/C16H13F3O6S/c1-24-14(20)15(21,11-6-3-2-4-7-11)12-8-5-9-13(10-12)25-26(22,23)16(17,18)19/h2-10,21H,1H3/t15-/m0/s1. The predicted molar refractivity (Wildman–Crippen MR) is 83.5 cm³/mol. The van der Waals surface area contributed by atoms with Gasteiger partial charge in [0.05, 0.1) is 7.11 Å². The molecule has 6 nitrogen and oxygen atoms in total. The van der Waals surface area contributed by atoms with Crippen LogP contribution in [-0.2, 0) is 25.3 Å². The first kappa shape index (κ1) is 19.7. The van der Waals surface area contributed by atoms with Crippen molar-refractivity contribution in [2.75, 3.05) is 7.11 Å². The summed E-state index contributed by atoms with van der Waals surface area (Å²) < 4.78 is 68.3. The van der Waals surface area contributed by atoms with Crippen molar-refractivity contribution < 1.29 is 40.4 Å². The quantitative estimate of drug-likeness (QED) is 0.479. The van der Waals surface area contributed by atoms with E-state index in [0.717, 1.165) is 25.3 Å². The number of hydrogen-bond donors (Lipinski definition) is 1. The van der Waals surface area contributed by atoms with Gasteiger partial charge in [-0.15, -0.1) is 0 Å². The van der Waals surface area contributed by atoms with E-state index in [2.05, 4.69) is 8.92 Å². The Morgan fingerprint density at radius 2 is 1.58 bits per heavy atom. The van der Waals surface area contributed by atoms with Crippen LogP contribution >= 0.6 is 0 Å². The molecule has 0 saturated carbocycles. The van der Waals surface area contributed by atoms with Crippen LogP contribution in [0.4, 0.5) is 13.2 Å². The summed E-state index contributed by atoms with van der Waals surface area (Å²) >= 11 is 0. The van der Waals surface area contributed by atoms with Gasteiger partial charge in [-0.05, 0) is 17.7 Å². The number of aliphatic hydroxyl groups is 1. The number of carbonyl (C=O) groups excluding carboxylic acids is 1. The van der Waals surface area contributed by atoms with Gasteiger partial charge in [0.2, 0.25) is 5.60 Å². The number of hydrogen-bond acceptors (Lipinski definition) is 6. The number of methoxy groups -OCH3 is 1. The molecule has 140 valence electrons. The molecule has 10 heteroatoms. The van der Waals surface area contributed by atoms with Gasteiger partial charge in [-0.3, -0.25) is 0 Å². The van der Waals surface area contributed by atoms with Crippen molar-refractivity contribution in [2.24, 2.45) is 0 Å². The molecular weight excluding hydrogens is 377 g/mol. The molecular formula is C16H13F3O6S. The lowest BCUT2D eigenvalue weighted by Gasteiger charge is -2.26. The summed E-state index contributed by atoms with van der Waals surface area (Å²) in [5, 5.41) is 10.9. The zero-order valence-electron chi connectivity index (χ0n) is 13.2. The van der Waals surface area contributed by atoms with Gasteiger partial charge in [0.25, 0.3) is 0 Å². The summed E-state index contributed by atoms with van der Waals surface area (Å²) in [7, 11) is -4.88. The summed E-state index contributed by atoms with van der Waals surface area (Å²) in [6, 6.07) is 11.6. The number of ether oxygens (including phenoxy) is 1. The Labute approximate surface area is 146 Å². The van der Waals surface area contributed by atoms with Gasteiger partial charge in [0.1, 0.15) is 5.75 Å². The van der Waals surface area contributed by atoms with E-state index >= 15 is 0 Å². The molecule has 0 saturated heterocycles. The van der Waals surface area contributed by atoms with E-state index in [0.29, 0.717) is 0 Å². The second-order valence-corrected chi connectivity index (χ2v) is 6.62. The Kier molecular flexibility index (Phi) is 5.28. The van der Waals surface area contributed by atoms with Crippen LogP contribution in [0.15, 0.2) is 54.6 Å². The third-order valence-corrected chi connectivity index (χ3v) is 4.39. The molecule has 0 aliphatic heterocycles. The molecule has 0 aliphatic rings. The molecule has 2 aromatic carbocycles. The molecule has 2 aromatic rings. The summed E-state index contributed by atoms with van der Waals surface area (Å²) in [5.74, 6) is -1.84. The third kappa shape index (κ3) is 3.65. The highest BCUT2D eigenvalue weighted by Crippen LogP contribution is 2.34. The summed E-state index contributed by atoms with van der Waals surface area (Å²) in [6.07, 6.45) is 0. The van der Waals surface area contributed by atoms with Crippen LogP contribution in [0.25, 0.3) is 0 Å². The fourth-order valence-electron chi connectivity index (χ4n) is 2.18. The smallest absolute Gasteiger partial charge is 0.466 e. The molecule has 0 aromatic heterocycles. The summed E-state index contributed by atoms with van der Waals surface area (Å²) in [4.78, 5) is 12.2. The van der Waals surface area contributed by atoms with Gasteiger partial charge in [-0.1, -0.05) is 42.5 Å². The van der Waals surface area contributed by atoms with E-state index in [-0.39, 0.29) is 11.1 Å². The first-order chi connectivity index (χ1) is 12.0. The zero-order valence-corrected chi connectivity index (χ0v) is 14.0. The maximum Gasteiger partial charge on any atom is 0.534 e. The van der Waals surface area contributed by atoms with Gasteiger partial charge in [0.15, 0.2) is 0 Å². The maximum atomic E-state index is 12.5. The summed E-state index contributed by atoms with van der Waals surface area (Å²) in [5.41, 5.74) is -8.16. The Balaban J connectivity index is 2.54. The molecule has 2 rings (SSSR count). The van der Waals surface area contributed by atoms with Crippen LogP contribution in [0, 0.1) is 0 Å². The van der Waals surface area contributed by atoms with Crippen LogP contribution < -0.4 is 4.18 Å². The lowest BCUT2D eigenvalue weighted by atomic mass is 9.86. The van der Waals surface area contributed by atoms with E-state index in [9.17, 15) is 31.5 Å². The Morgan fingerprint density at radius 1 is 1.00 bits per heavy atom. The first-order valence-electron chi connectivity index (χ1n) is 7.00. The fraction of sp³-hybridized carbons (Fsp3) is 0.188. The highest BCUT2D eigenvalue weighted by Gasteiger charge is 2.49. The molecule has 0 bridgehead atoms. The Bertz CT molecular complexity index is 896. The average Bonchev–Trinajstić information content (AvgIpc) is 2.60. The van der Waals surface area contributed by atoms with E-state index in [1.54, 1.807) is 6.07 Å². The van der Waals surface area contributed by atoms with Crippen molar-refractivity contribution >= 4 is 16.1 Å². The molecule has 1 N–H and O–H groups in total. The van der Waals surface area contributed by atoms with Crippen molar-refractivity contribution in [3.63, 3.8) is 0 Å². The van der Waals surface area contributed by atoms with Crippen molar-refractivity contribution in [3.8, 4) is 5.75 Å². The number of esters is 1. The lowest BCUT2D eigenvalue weighted by Crippen LogP contribution is -2.38. The van der Waals surface area contributed by atoms with Gasteiger partial charge < -0.3 is 14.0 Å². The van der Waals surface area contributed by atoms with Crippen LogP contribution in [0.1, 0.15) is 11.1 Å². The highest BCUT2D eigenvalue weighted by molar-refractivity contribution is 7.88. The molecule has 0 aliphatic carbocycles. The molecule has 0 amide bonds. The number of benzene rings is 2. The highest BCUT2D eigenvalue weighted by atomic mass is 32.2. The number of rotatable bonds is 5. The fourth-order valence-corrected chi connectivity index (χ4v) is 2.63. The van der Waals surface area contributed by atoms with E-state index in [1.165, 1.54) is 30.3 Å². The number of halogens is 3. The SMILES string of the molecule is COC(=O)[C@](O)(c1ccccc1)c1cccc(OS(=O)(=O)C(F)(F)F)c1. The predicted octanol–water partition coefficient (Wildman–Crippen LogP) is 2.32. The minimum Gasteiger partial charge on any atom is -0.466 e. The monoisotopic (exact) mass is 390 g/mol. The van der Waals surface area contributed by atoms with Gasteiger partial charge in [-0.25, -0.2) is 4.79 Å². The Hall–Kier alpha value is -2.59. The zero-order chi connectivity index (χ0) is 19.6. The van der Waals surface area contributed by atoms with Crippen LogP contribution in [-0.4, -0.2) is 32.1 Å². The topological polar surface area (TPSA) is 89.9 Å². The minimum atomic E-state index is -5.90. The van der Waals surface area contributed by atoms with E-state index in [4.69, 9.17) is 0 Å². The van der Waals surface area contributed by atoms with E-state index < -0.39 is 32.9 Å². The first-order valence-corrected chi connectivity index (χ1v) is 8.41. The minimum absolute atomic E-state index is 0.0719. The lowest BCUT2D eigenvalue weighted by molar-refractivity contribution is -0.158. The third-order valence-electron chi connectivity index (χ3n) is 3.41. The van der Waals surface area contributed by atoms with E-state index in [1.807, 2.05) is 0 Å². The second kappa shape index (κ2) is 6.96. The normalized spacial score (nSPS) is 14.3. The van der Waals surface area contributed by atoms with Crippen LogP contribution in [0.2, 0.25) is 0 Å². The van der Waals surface area contributed by atoms with Gasteiger partial charge >= 0.3 is 21.6 Å². The number of alkyl halides is 3. The van der Waals surface area contributed by atoms with Crippen LogP contribution in [0.5, 0.6) is 5.75 Å². The van der Waals surface area contributed by atoms with Crippen molar-refractivity contribution in [1.29, 1.82) is 0 Å². The molecule has 0 fully saturated rings. The van der Waals surface area contributed by atoms with Gasteiger partial charge in [-0.2, -0.15) is 21.6 Å². The largest absolute Gasteiger partial charge is 0.534 e. The Morgan fingerprint density at radius 3 is 2.12 bits per heavy atom. The molecule has 0 spiro atoms. The van der Waals surface area contributed by atoms with Gasteiger partial charge in [0, 0.05) is 5.56 Å². The summed E-state index contributed by atoms with van der Waals surface area (Å²) in [6.45, 7) is 0. The molecule has 0 unspecified atom stereocenters. The van der Waals surface area contributed by atoms with Crippen molar-refractivity contribution in [1.82, 2.24) is 0 Å². The van der Waals surface area contributed by atoms with Crippen molar-refractivity contribution in [2.45, 2.75) is 11.1 Å². The molecule has 0 radical (unpaired) electrons.